The third kappa shape index (κ3) is 4.46. The minimum atomic E-state index is -0.163. The van der Waals surface area contributed by atoms with Gasteiger partial charge in [-0.15, -0.1) is 0 Å². The molecule has 1 aromatic rings. The third-order valence-corrected chi connectivity index (χ3v) is 5.45. The van der Waals surface area contributed by atoms with Gasteiger partial charge in [0.2, 0.25) is 12.7 Å². The first-order valence-electron chi connectivity index (χ1n) is 9.69. The Morgan fingerprint density at radius 3 is 2.67 bits per heavy atom. The molecule has 1 saturated carbocycles. The number of hydrogen-bond donors (Lipinski definition) is 1. The number of hydrogen-bond acceptors (Lipinski definition) is 6. The fourth-order valence-corrected chi connectivity index (χ4v) is 3.87. The van der Waals surface area contributed by atoms with Gasteiger partial charge in [-0.2, -0.15) is 0 Å². The number of benzene rings is 1. The van der Waals surface area contributed by atoms with Crippen molar-refractivity contribution in [2.45, 2.75) is 57.1 Å². The summed E-state index contributed by atoms with van der Waals surface area (Å²) in [6.07, 6.45) is 5.42. The summed E-state index contributed by atoms with van der Waals surface area (Å²) in [5, 5.41) is 3.09. The van der Waals surface area contributed by atoms with Crippen molar-refractivity contribution >= 4 is 11.9 Å². The summed E-state index contributed by atoms with van der Waals surface area (Å²) in [5.74, 6) is 2.01. The number of rotatable bonds is 6. The van der Waals surface area contributed by atoms with E-state index in [9.17, 15) is 9.59 Å². The predicted molar refractivity (Wildman–Crippen MR) is 95.7 cm³/mol. The van der Waals surface area contributed by atoms with E-state index in [4.69, 9.17) is 18.9 Å². The van der Waals surface area contributed by atoms with Crippen LogP contribution in [0.5, 0.6) is 17.2 Å². The summed E-state index contributed by atoms with van der Waals surface area (Å²) in [4.78, 5) is 23.6. The predicted octanol–water partition coefficient (Wildman–Crippen LogP) is 2.56. The van der Waals surface area contributed by atoms with Crippen LogP contribution in [0.15, 0.2) is 18.2 Å². The third-order valence-electron chi connectivity index (χ3n) is 5.45. The normalized spacial score (nSPS) is 26.5. The molecule has 1 saturated heterocycles. The summed E-state index contributed by atoms with van der Waals surface area (Å²) in [6, 6.07) is 5.81. The molecule has 1 aromatic carbocycles. The van der Waals surface area contributed by atoms with Gasteiger partial charge < -0.3 is 24.3 Å². The summed E-state index contributed by atoms with van der Waals surface area (Å²) in [7, 11) is 0. The summed E-state index contributed by atoms with van der Waals surface area (Å²) >= 11 is 0. The van der Waals surface area contributed by atoms with E-state index in [1.807, 2.05) is 18.2 Å². The van der Waals surface area contributed by atoms with Crippen LogP contribution in [0.2, 0.25) is 0 Å². The van der Waals surface area contributed by atoms with Crippen molar-refractivity contribution in [2.24, 2.45) is 5.92 Å². The lowest BCUT2D eigenvalue weighted by atomic mass is 9.92. The first-order chi connectivity index (χ1) is 13.2. The van der Waals surface area contributed by atoms with Crippen LogP contribution in [0.25, 0.3) is 0 Å². The summed E-state index contributed by atoms with van der Waals surface area (Å²) in [6.45, 7) is 0.740. The highest BCUT2D eigenvalue weighted by Gasteiger charge is 2.28. The SMILES string of the molecule is O=C(CCC1CCOC1=O)NC1CCC(Oc2ccc3c(c2)OCO3)CC1. The number of cyclic esters (lactones) is 1. The lowest BCUT2D eigenvalue weighted by molar-refractivity contribution is -0.141. The Morgan fingerprint density at radius 1 is 1.07 bits per heavy atom. The van der Waals surface area contributed by atoms with Gasteiger partial charge in [0.05, 0.1) is 18.6 Å². The number of carbonyl (C=O) groups is 2. The molecule has 3 aliphatic rings. The largest absolute Gasteiger partial charge is 0.490 e. The standard InChI is InChI=1S/C20H25NO6/c22-19(8-1-13-9-10-24-20(13)23)21-14-2-4-15(5-3-14)27-16-6-7-17-18(11-16)26-12-25-17/h6-7,11,13-15H,1-5,8-10,12H2,(H,21,22). The van der Waals surface area contributed by atoms with Crippen molar-refractivity contribution in [3.8, 4) is 17.2 Å². The number of fused-ring (bicyclic) bond motifs is 1. The van der Waals surface area contributed by atoms with Crippen LogP contribution in [-0.4, -0.2) is 37.4 Å². The monoisotopic (exact) mass is 375 g/mol. The maximum Gasteiger partial charge on any atom is 0.309 e. The Hall–Kier alpha value is -2.44. The minimum Gasteiger partial charge on any atom is -0.490 e. The number of ether oxygens (including phenoxy) is 4. The van der Waals surface area contributed by atoms with Gasteiger partial charge >= 0.3 is 5.97 Å². The van der Waals surface area contributed by atoms with Crippen LogP contribution < -0.4 is 19.5 Å². The molecule has 0 radical (unpaired) electrons. The van der Waals surface area contributed by atoms with Crippen molar-refractivity contribution in [1.82, 2.24) is 5.32 Å². The Balaban J connectivity index is 1.17. The molecule has 0 spiro atoms. The fraction of sp³-hybridized carbons (Fsp3) is 0.600. The van der Waals surface area contributed by atoms with Crippen LogP contribution in [-0.2, 0) is 14.3 Å². The van der Waals surface area contributed by atoms with E-state index < -0.39 is 0 Å². The molecular formula is C20H25NO6. The minimum absolute atomic E-state index is 0.0230. The van der Waals surface area contributed by atoms with E-state index in [1.165, 1.54) is 0 Å². The van der Waals surface area contributed by atoms with E-state index in [1.54, 1.807) is 0 Å². The maximum atomic E-state index is 12.1. The Morgan fingerprint density at radius 2 is 1.89 bits per heavy atom. The van der Waals surface area contributed by atoms with Crippen molar-refractivity contribution in [1.29, 1.82) is 0 Å². The zero-order valence-electron chi connectivity index (χ0n) is 15.3. The van der Waals surface area contributed by atoms with Gasteiger partial charge in [-0.1, -0.05) is 0 Å². The van der Waals surface area contributed by atoms with Crippen LogP contribution in [0.3, 0.4) is 0 Å². The number of nitrogens with one attached hydrogen (secondary N) is 1. The van der Waals surface area contributed by atoms with Gasteiger partial charge in [0.15, 0.2) is 11.5 Å². The van der Waals surface area contributed by atoms with Crippen LogP contribution >= 0.6 is 0 Å². The van der Waals surface area contributed by atoms with Gasteiger partial charge in [0.25, 0.3) is 0 Å². The highest BCUT2D eigenvalue weighted by atomic mass is 16.7. The van der Waals surface area contributed by atoms with Gasteiger partial charge in [0.1, 0.15) is 5.75 Å². The first-order valence-corrected chi connectivity index (χ1v) is 9.69. The van der Waals surface area contributed by atoms with E-state index in [2.05, 4.69) is 5.32 Å². The molecule has 2 aliphatic heterocycles. The topological polar surface area (TPSA) is 83.1 Å². The molecule has 7 nitrogen and oxygen atoms in total. The molecule has 0 aromatic heterocycles. The summed E-state index contributed by atoms with van der Waals surface area (Å²) in [5.41, 5.74) is 0. The maximum absolute atomic E-state index is 12.1. The second kappa shape index (κ2) is 8.06. The molecule has 1 atom stereocenters. The molecule has 27 heavy (non-hydrogen) atoms. The zero-order valence-corrected chi connectivity index (χ0v) is 15.3. The van der Waals surface area contributed by atoms with Crippen molar-refractivity contribution < 1.29 is 28.5 Å². The first kappa shape index (κ1) is 17.9. The molecule has 146 valence electrons. The highest BCUT2D eigenvalue weighted by Crippen LogP contribution is 2.36. The van der Waals surface area contributed by atoms with Crippen molar-refractivity contribution in [2.75, 3.05) is 13.4 Å². The molecule has 1 unspecified atom stereocenters. The van der Waals surface area contributed by atoms with Crippen LogP contribution in [0.1, 0.15) is 44.9 Å². The van der Waals surface area contributed by atoms with Crippen LogP contribution in [0.4, 0.5) is 0 Å². The quantitative estimate of drug-likeness (QED) is 0.770. The lowest BCUT2D eigenvalue weighted by Crippen LogP contribution is -2.39. The lowest BCUT2D eigenvalue weighted by Gasteiger charge is -2.29. The Kier molecular flexibility index (Phi) is 5.36. The summed E-state index contributed by atoms with van der Waals surface area (Å²) < 4.78 is 21.7. The number of carbonyl (C=O) groups excluding carboxylic acids is 2. The number of amides is 1. The van der Waals surface area contributed by atoms with Gasteiger partial charge in [-0.25, -0.2) is 0 Å². The average Bonchev–Trinajstić information content (AvgIpc) is 3.30. The molecule has 0 bridgehead atoms. The molecule has 7 heteroatoms. The molecule has 2 heterocycles. The highest BCUT2D eigenvalue weighted by molar-refractivity contribution is 5.78. The Labute approximate surface area is 158 Å². The average molecular weight is 375 g/mol. The van der Waals surface area contributed by atoms with Crippen molar-refractivity contribution in [3.05, 3.63) is 18.2 Å². The van der Waals surface area contributed by atoms with E-state index in [0.717, 1.165) is 49.4 Å². The van der Waals surface area contributed by atoms with Crippen LogP contribution in [0, 0.1) is 5.92 Å². The second-order valence-corrected chi connectivity index (χ2v) is 7.37. The number of esters is 1. The fourth-order valence-electron chi connectivity index (χ4n) is 3.87. The van der Waals surface area contributed by atoms with E-state index in [0.29, 0.717) is 19.4 Å². The molecule has 2 fully saturated rings. The second-order valence-electron chi connectivity index (χ2n) is 7.37. The molecule has 1 N–H and O–H groups in total. The van der Waals surface area contributed by atoms with Gasteiger partial charge in [-0.3, -0.25) is 9.59 Å². The molecule has 1 amide bonds. The zero-order chi connectivity index (χ0) is 18.6. The Bertz CT molecular complexity index is 698. The van der Waals surface area contributed by atoms with Crippen molar-refractivity contribution in [3.63, 3.8) is 0 Å². The smallest absolute Gasteiger partial charge is 0.309 e. The molecular weight excluding hydrogens is 350 g/mol. The van der Waals surface area contributed by atoms with Gasteiger partial charge in [0, 0.05) is 18.5 Å². The molecule has 4 rings (SSSR count). The van der Waals surface area contributed by atoms with E-state index >= 15 is 0 Å². The molecule has 1 aliphatic carbocycles. The van der Waals surface area contributed by atoms with Gasteiger partial charge in [-0.05, 0) is 50.7 Å². The van der Waals surface area contributed by atoms with E-state index in [-0.39, 0.29) is 36.7 Å².